The Balaban J connectivity index is 1.35. The molecule has 1 aromatic carbocycles. The Morgan fingerprint density at radius 1 is 1.16 bits per heavy atom. The summed E-state index contributed by atoms with van der Waals surface area (Å²) in [5.41, 5.74) is -1.96. The van der Waals surface area contributed by atoms with Crippen LogP contribution in [0.2, 0.25) is 0 Å². The molecule has 3 fully saturated rings. The van der Waals surface area contributed by atoms with Gasteiger partial charge in [-0.3, -0.25) is 19.1 Å². The Kier molecular flexibility index (Phi) is 9.45. The Bertz CT molecular complexity index is 1900. The lowest BCUT2D eigenvalue weighted by atomic mass is 9.85. The summed E-state index contributed by atoms with van der Waals surface area (Å²) in [7, 11) is -3.88. The second-order valence-corrected chi connectivity index (χ2v) is 17.9. The number of nitrogens with zero attached hydrogens (tertiary/aromatic N) is 2. The zero-order valence-electron chi connectivity index (χ0n) is 29.8. The summed E-state index contributed by atoms with van der Waals surface area (Å²) in [6, 6.07) is 5.17. The molecule has 4 aliphatic rings. The topological polar surface area (TPSA) is 176 Å². The molecule has 6 rings (SSSR count). The number of allylic oxidation sites excluding steroid dienone is 1. The first kappa shape index (κ1) is 36.3. The van der Waals surface area contributed by atoms with Gasteiger partial charge in [-0.2, -0.15) is 0 Å². The Morgan fingerprint density at radius 3 is 2.57 bits per heavy atom. The van der Waals surface area contributed by atoms with E-state index in [9.17, 15) is 27.6 Å². The summed E-state index contributed by atoms with van der Waals surface area (Å²) < 4.78 is 34.0. The van der Waals surface area contributed by atoms with Gasteiger partial charge in [0.15, 0.2) is 0 Å². The first-order chi connectivity index (χ1) is 23.9. The van der Waals surface area contributed by atoms with Crippen molar-refractivity contribution in [3.63, 3.8) is 0 Å². The van der Waals surface area contributed by atoms with Crippen LogP contribution >= 0.6 is 0 Å². The molecule has 5 atom stereocenters. The van der Waals surface area contributed by atoms with Gasteiger partial charge in [-0.05, 0) is 74.4 Å². The fourth-order valence-electron chi connectivity index (χ4n) is 6.92. The average molecular weight is 721 g/mol. The highest BCUT2D eigenvalue weighted by Gasteiger charge is 2.62. The van der Waals surface area contributed by atoms with Crippen LogP contribution in [-0.4, -0.2) is 83.1 Å². The fraction of sp³-hybridized carbons (Fsp3) is 0.541. The summed E-state index contributed by atoms with van der Waals surface area (Å²) in [5, 5.41) is 9.74. The van der Waals surface area contributed by atoms with Crippen molar-refractivity contribution < 1.29 is 32.3 Å². The van der Waals surface area contributed by atoms with Gasteiger partial charge in [0.25, 0.3) is 5.91 Å². The number of ether oxygens (including phenoxy) is 1. The van der Waals surface area contributed by atoms with Gasteiger partial charge in [-0.1, -0.05) is 51.1 Å². The van der Waals surface area contributed by atoms with Crippen LogP contribution in [0.3, 0.4) is 0 Å². The first-order valence-electron chi connectivity index (χ1n) is 17.5. The minimum atomic E-state index is -3.88. The van der Waals surface area contributed by atoms with E-state index in [0.29, 0.717) is 31.6 Å². The largest absolute Gasteiger partial charge is 0.472 e. The molecule has 14 heteroatoms. The fourth-order valence-corrected chi connectivity index (χ4v) is 8.29. The standard InChI is InChI=1S/C37H48N6O7S/c1-7-24-20-37(24,33(46)42-51(48,49)26-13-14-26)40-30(44)28-19-25-21-43(28)32(45)29(35(2,3)4)39-34(47)41-36(5,6)16-9-8-10-22-11-12-23-15-17-38-31(50-25)27(23)18-22/h7-8,10-12,15,17-18,24-26,28-29H,1,9,13-14,16,19-21H2,2-6H3,(H,40,44)(H,42,46)(H2,39,41,47)/b10-8+/t24-,25-,28+,29-,37?/m1/s1. The van der Waals surface area contributed by atoms with E-state index in [1.807, 2.05) is 71.0 Å². The molecule has 1 unspecified atom stereocenters. The normalized spacial score (nSPS) is 28.8. The van der Waals surface area contributed by atoms with Crippen LogP contribution in [0.5, 0.6) is 5.88 Å². The van der Waals surface area contributed by atoms with Crippen molar-refractivity contribution in [1.29, 1.82) is 0 Å². The molecule has 2 saturated carbocycles. The number of nitrogens with one attached hydrogen (secondary N) is 4. The van der Waals surface area contributed by atoms with Gasteiger partial charge in [-0.25, -0.2) is 18.2 Å². The molecule has 0 radical (unpaired) electrons. The molecule has 1 saturated heterocycles. The zero-order chi connectivity index (χ0) is 36.9. The van der Waals surface area contributed by atoms with Crippen molar-refractivity contribution in [3.05, 3.63) is 54.8 Å². The van der Waals surface area contributed by atoms with Gasteiger partial charge in [0.1, 0.15) is 23.7 Å². The van der Waals surface area contributed by atoms with Crippen molar-refractivity contribution in [3.8, 4) is 5.88 Å². The molecule has 13 nitrogen and oxygen atoms in total. The molecule has 4 bridgehead atoms. The lowest BCUT2D eigenvalue weighted by molar-refractivity contribution is -0.142. The van der Waals surface area contributed by atoms with E-state index in [0.717, 1.165) is 16.3 Å². The number of carbonyl (C=O) groups is 4. The van der Waals surface area contributed by atoms with E-state index in [-0.39, 0.29) is 19.4 Å². The Labute approximate surface area is 299 Å². The molecule has 3 heterocycles. The number of amides is 5. The molecular formula is C37H48N6O7S. The van der Waals surface area contributed by atoms with E-state index >= 15 is 0 Å². The van der Waals surface area contributed by atoms with Gasteiger partial charge in [-0.15, -0.1) is 6.58 Å². The second-order valence-electron chi connectivity index (χ2n) is 16.0. The first-order valence-corrected chi connectivity index (χ1v) is 19.1. The quantitative estimate of drug-likeness (QED) is 0.328. The summed E-state index contributed by atoms with van der Waals surface area (Å²) in [6.07, 6.45) is 9.01. The third-order valence-corrected chi connectivity index (χ3v) is 12.0. The maximum atomic E-state index is 14.6. The highest BCUT2D eigenvalue weighted by Crippen LogP contribution is 2.45. The van der Waals surface area contributed by atoms with E-state index < -0.39 is 79.6 Å². The summed E-state index contributed by atoms with van der Waals surface area (Å²) in [4.78, 5) is 61.6. The monoisotopic (exact) mass is 720 g/mol. The number of carbonyl (C=O) groups excluding carboxylic acids is 4. The number of pyridine rings is 1. The smallest absolute Gasteiger partial charge is 0.315 e. The van der Waals surface area contributed by atoms with Gasteiger partial charge in [0.05, 0.1) is 11.8 Å². The third-order valence-electron chi connectivity index (χ3n) is 10.2. The van der Waals surface area contributed by atoms with Crippen molar-refractivity contribution in [1.82, 2.24) is 30.6 Å². The highest BCUT2D eigenvalue weighted by molar-refractivity contribution is 7.91. The Hall–Kier alpha value is -4.46. The van der Waals surface area contributed by atoms with Crippen LogP contribution in [0, 0.1) is 11.3 Å². The van der Waals surface area contributed by atoms with E-state index in [2.05, 4.69) is 32.2 Å². The second kappa shape index (κ2) is 13.3. The molecule has 2 aliphatic carbocycles. The Morgan fingerprint density at radius 2 is 1.90 bits per heavy atom. The molecule has 2 aromatic rings. The highest BCUT2D eigenvalue weighted by atomic mass is 32.2. The predicted octanol–water partition coefficient (Wildman–Crippen LogP) is 3.55. The van der Waals surface area contributed by atoms with Gasteiger partial charge in [0, 0.05) is 29.5 Å². The van der Waals surface area contributed by atoms with Crippen molar-refractivity contribution in [2.24, 2.45) is 11.3 Å². The van der Waals surface area contributed by atoms with Crippen molar-refractivity contribution in [2.75, 3.05) is 6.54 Å². The number of sulfonamides is 1. The van der Waals surface area contributed by atoms with Crippen molar-refractivity contribution in [2.45, 2.75) is 108 Å². The predicted molar refractivity (Wildman–Crippen MR) is 193 cm³/mol. The molecule has 1 aromatic heterocycles. The number of hydrogen-bond donors (Lipinski definition) is 4. The maximum absolute atomic E-state index is 14.6. The molecule has 51 heavy (non-hydrogen) atoms. The number of rotatable bonds is 6. The molecule has 4 N–H and O–H groups in total. The third kappa shape index (κ3) is 7.75. The average Bonchev–Trinajstić information content (AvgIpc) is 3.97. The summed E-state index contributed by atoms with van der Waals surface area (Å²) in [5.74, 6) is -2.12. The lowest BCUT2D eigenvalue weighted by Gasteiger charge is -2.36. The van der Waals surface area contributed by atoms with Crippen LogP contribution in [0.15, 0.2) is 49.2 Å². The zero-order valence-corrected chi connectivity index (χ0v) is 30.6. The number of urea groups is 1. The number of hydrogen-bond acceptors (Lipinski definition) is 8. The van der Waals surface area contributed by atoms with Crippen LogP contribution in [0.4, 0.5) is 4.79 Å². The van der Waals surface area contributed by atoms with Crippen LogP contribution in [0.1, 0.15) is 78.7 Å². The van der Waals surface area contributed by atoms with Crippen LogP contribution < -0.4 is 25.4 Å². The minimum absolute atomic E-state index is 0.00387. The van der Waals surface area contributed by atoms with Gasteiger partial charge < -0.3 is 25.6 Å². The molecule has 274 valence electrons. The van der Waals surface area contributed by atoms with Gasteiger partial charge >= 0.3 is 6.03 Å². The number of fused-ring (bicyclic) bond motifs is 3. The van der Waals surface area contributed by atoms with Crippen molar-refractivity contribution >= 4 is 50.6 Å². The number of aromatic nitrogens is 1. The van der Waals surface area contributed by atoms with Gasteiger partial charge in [0.2, 0.25) is 27.7 Å². The molecule has 2 aliphatic heterocycles. The molecule has 5 amide bonds. The van der Waals surface area contributed by atoms with E-state index in [1.165, 1.54) is 11.0 Å². The molecular weight excluding hydrogens is 673 g/mol. The van der Waals surface area contributed by atoms with Crippen LogP contribution in [-0.2, 0) is 24.4 Å². The minimum Gasteiger partial charge on any atom is -0.472 e. The van der Waals surface area contributed by atoms with E-state index in [4.69, 9.17) is 4.74 Å². The lowest BCUT2D eigenvalue weighted by Crippen LogP contribution is -2.62. The summed E-state index contributed by atoms with van der Waals surface area (Å²) in [6.45, 7) is 13.1. The van der Waals surface area contributed by atoms with E-state index in [1.54, 1.807) is 6.20 Å². The molecule has 0 spiro atoms. The maximum Gasteiger partial charge on any atom is 0.315 e. The SMILES string of the molecule is C=C[C@@H]1CC1(NC(=O)[C@@H]1C[C@@H]2CN1C(=O)[C@H](C(C)(C)C)NC(=O)NC(C)(C)CC/C=C/c1ccc3ccnc(c3c1)O2)C(=O)NS(=O)(=O)C1CC1. The number of benzene rings is 1. The summed E-state index contributed by atoms with van der Waals surface area (Å²) >= 11 is 0. The van der Waals surface area contributed by atoms with Crippen LogP contribution in [0.25, 0.3) is 16.8 Å².